The van der Waals surface area contributed by atoms with Crippen LogP contribution in [0.5, 0.6) is 0 Å². The zero-order valence-electron chi connectivity index (χ0n) is 13.5. The molecule has 0 spiro atoms. The molecule has 0 bridgehead atoms. The summed E-state index contributed by atoms with van der Waals surface area (Å²) in [4.78, 5) is 11.9. The minimum atomic E-state index is -3.74. The van der Waals surface area contributed by atoms with Gasteiger partial charge in [0.1, 0.15) is 10.7 Å². The van der Waals surface area contributed by atoms with Gasteiger partial charge in [-0.2, -0.15) is 0 Å². The second-order valence-electron chi connectivity index (χ2n) is 5.29. The normalized spacial score (nSPS) is 11.3. The molecule has 2 rings (SSSR count). The molecule has 2 aromatic rings. The third-order valence-electron chi connectivity index (χ3n) is 3.70. The molecule has 5 nitrogen and oxygen atoms in total. The number of carbonyl (C=O) groups is 1. The maximum Gasteiger partial charge on any atom is 0.222 e. The van der Waals surface area contributed by atoms with Crippen molar-refractivity contribution in [3.63, 3.8) is 0 Å². The molecule has 0 aliphatic rings. The molecule has 1 aromatic heterocycles. The number of anilines is 1. The van der Waals surface area contributed by atoms with E-state index in [-0.39, 0.29) is 21.5 Å². The summed E-state index contributed by atoms with van der Waals surface area (Å²) in [6, 6.07) is 8.20. The first-order chi connectivity index (χ1) is 10.8. The molecule has 0 fully saturated rings. The van der Waals surface area contributed by atoms with Crippen molar-refractivity contribution in [3.8, 4) is 0 Å². The third-order valence-corrected chi connectivity index (χ3v) is 5.63. The van der Waals surface area contributed by atoms with Crippen LogP contribution < -0.4 is 5.32 Å². The average Bonchev–Trinajstić information content (AvgIpc) is 2.73. The predicted molar refractivity (Wildman–Crippen MR) is 90.3 cm³/mol. The van der Waals surface area contributed by atoms with E-state index in [1.807, 2.05) is 6.92 Å². The second kappa shape index (κ2) is 6.42. The minimum absolute atomic E-state index is 0.137. The Hall–Kier alpha value is -2.34. The number of hydrogen-bond donors (Lipinski definition) is 1. The zero-order chi connectivity index (χ0) is 17.2. The van der Waals surface area contributed by atoms with Gasteiger partial charge in [0.15, 0.2) is 0 Å². The van der Waals surface area contributed by atoms with Crippen LogP contribution in [-0.2, 0) is 21.2 Å². The van der Waals surface area contributed by atoms with E-state index in [2.05, 4.69) is 11.9 Å². The molecule has 122 valence electrons. The summed E-state index contributed by atoms with van der Waals surface area (Å²) in [5.41, 5.74) is 1.41. The van der Waals surface area contributed by atoms with E-state index in [1.165, 1.54) is 6.92 Å². The van der Waals surface area contributed by atoms with E-state index in [4.69, 9.17) is 0 Å². The van der Waals surface area contributed by atoms with Crippen LogP contribution in [0.3, 0.4) is 0 Å². The second-order valence-corrected chi connectivity index (χ2v) is 7.17. The number of nitrogens with zero attached hydrogens (tertiary/aromatic N) is 1. The van der Waals surface area contributed by atoms with E-state index < -0.39 is 9.84 Å². The third kappa shape index (κ3) is 3.07. The molecule has 0 saturated carbocycles. The van der Waals surface area contributed by atoms with E-state index in [0.717, 1.165) is 5.69 Å². The smallest absolute Gasteiger partial charge is 0.222 e. The largest absolute Gasteiger partial charge is 0.327 e. The SMILES string of the molecule is C=CCn1c(C)c(C)c(S(=O)(=O)c2ccccc2)c1NC(C)=O. The van der Waals surface area contributed by atoms with Gasteiger partial charge in [-0.25, -0.2) is 8.42 Å². The van der Waals surface area contributed by atoms with Gasteiger partial charge in [0, 0.05) is 19.2 Å². The topological polar surface area (TPSA) is 68.2 Å². The van der Waals surface area contributed by atoms with Crippen LogP contribution in [0, 0.1) is 13.8 Å². The number of allylic oxidation sites excluding steroid dienone is 1. The fraction of sp³-hybridized carbons (Fsp3) is 0.235. The van der Waals surface area contributed by atoms with Gasteiger partial charge in [-0.05, 0) is 31.5 Å². The Bertz CT molecular complexity index is 850. The molecule has 1 N–H and O–H groups in total. The number of aromatic nitrogens is 1. The van der Waals surface area contributed by atoms with Crippen LogP contribution in [-0.4, -0.2) is 18.9 Å². The molecule has 23 heavy (non-hydrogen) atoms. The van der Waals surface area contributed by atoms with Crippen molar-refractivity contribution in [2.75, 3.05) is 5.32 Å². The molecule has 0 unspecified atom stereocenters. The van der Waals surface area contributed by atoms with Gasteiger partial charge >= 0.3 is 0 Å². The highest BCUT2D eigenvalue weighted by Crippen LogP contribution is 2.35. The van der Waals surface area contributed by atoms with E-state index >= 15 is 0 Å². The van der Waals surface area contributed by atoms with E-state index in [9.17, 15) is 13.2 Å². The summed E-state index contributed by atoms with van der Waals surface area (Å²) < 4.78 is 27.8. The molecular formula is C17H20N2O3S. The highest BCUT2D eigenvalue weighted by molar-refractivity contribution is 7.91. The molecular weight excluding hydrogens is 312 g/mol. The molecule has 0 atom stereocenters. The Morgan fingerprint density at radius 3 is 2.39 bits per heavy atom. The molecule has 1 aromatic carbocycles. The molecule has 6 heteroatoms. The van der Waals surface area contributed by atoms with Crippen molar-refractivity contribution in [2.45, 2.75) is 37.1 Å². The first-order valence-electron chi connectivity index (χ1n) is 7.19. The van der Waals surface area contributed by atoms with Crippen LogP contribution in [0.4, 0.5) is 5.82 Å². The Labute approximate surface area is 136 Å². The van der Waals surface area contributed by atoms with Crippen LogP contribution in [0.15, 0.2) is 52.8 Å². The molecule has 1 amide bonds. The van der Waals surface area contributed by atoms with E-state index in [1.54, 1.807) is 47.9 Å². The fourth-order valence-corrected chi connectivity index (χ4v) is 4.25. The average molecular weight is 332 g/mol. The molecule has 0 radical (unpaired) electrons. The van der Waals surface area contributed by atoms with Crippen molar-refractivity contribution in [1.82, 2.24) is 4.57 Å². The Kier molecular flexibility index (Phi) is 4.75. The van der Waals surface area contributed by atoms with Gasteiger partial charge in [-0.3, -0.25) is 4.79 Å². The van der Waals surface area contributed by atoms with Gasteiger partial charge in [0.05, 0.1) is 4.90 Å². The number of nitrogens with one attached hydrogen (secondary N) is 1. The van der Waals surface area contributed by atoms with Crippen molar-refractivity contribution in [2.24, 2.45) is 0 Å². The number of benzene rings is 1. The monoisotopic (exact) mass is 332 g/mol. The minimum Gasteiger partial charge on any atom is -0.327 e. The van der Waals surface area contributed by atoms with Crippen molar-refractivity contribution in [3.05, 3.63) is 54.2 Å². The number of rotatable bonds is 5. The highest BCUT2D eigenvalue weighted by atomic mass is 32.2. The molecule has 0 aliphatic carbocycles. The zero-order valence-corrected chi connectivity index (χ0v) is 14.3. The Morgan fingerprint density at radius 2 is 1.87 bits per heavy atom. The lowest BCUT2D eigenvalue weighted by Gasteiger charge is -2.12. The fourth-order valence-electron chi connectivity index (χ4n) is 2.53. The van der Waals surface area contributed by atoms with Gasteiger partial charge in [0.2, 0.25) is 15.7 Å². The highest BCUT2D eigenvalue weighted by Gasteiger charge is 2.29. The molecule has 1 heterocycles. The Morgan fingerprint density at radius 1 is 1.26 bits per heavy atom. The predicted octanol–water partition coefficient (Wildman–Crippen LogP) is 3.08. The van der Waals surface area contributed by atoms with Crippen molar-refractivity contribution in [1.29, 1.82) is 0 Å². The van der Waals surface area contributed by atoms with Gasteiger partial charge < -0.3 is 9.88 Å². The standard InChI is InChI=1S/C17H20N2O3S/c1-5-11-19-13(3)12(2)16(17(19)18-14(4)20)23(21,22)15-9-7-6-8-10-15/h5-10H,1,11H2,2-4H3,(H,18,20). The van der Waals surface area contributed by atoms with Gasteiger partial charge in [0.25, 0.3) is 0 Å². The summed E-state index contributed by atoms with van der Waals surface area (Å²) in [5.74, 6) is -0.0337. The molecule has 0 saturated heterocycles. The van der Waals surface area contributed by atoms with Crippen molar-refractivity contribution < 1.29 is 13.2 Å². The summed E-state index contributed by atoms with van der Waals surface area (Å²) in [5, 5.41) is 2.66. The maximum absolute atomic E-state index is 13.0. The lowest BCUT2D eigenvalue weighted by atomic mass is 10.3. The van der Waals surface area contributed by atoms with Crippen LogP contribution in [0.2, 0.25) is 0 Å². The Balaban J connectivity index is 2.78. The number of hydrogen-bond acceptors (Lipinski definition) is 3. The number of carbonyl (C=O) groups excluding carboxylic acids is 1. The molecule has 0 aliphatic heterocycles. The van der Waals surface area contributed by atoms with Crippen LogP contribution in [0.1, 0.15) is 18.2 Å². The van der Waals surface area contributed by atoms with Crippen molar-refractivity contribution >= 4 is 21.6 Å². The quantitative estimate of drug-likeness (QED) is 0.856. The van der Waals surface area contributed by atoms with Crippen LogP contribution >= 0.6 is 0 Å². The summed E-state index contributed by atoms with van der Waals surface area (Å²) in [7, 11) is -3.74. The first-order valence-corrected chi connectivity index (χ1v) is 8.67. The van der Waals surface area contributed by atoms with E-state index in [0.29, 0.717) is 12.1 Å². The number of amides is 1. The summed E-state index contributed by atoms with van der Waals surface area (Å²) in [6.45, 7) is 9.03. The van der Waals surface area contributed by atoms with Gasteiger partial charge in [-0.1, -0.05) is 24.3 Å². The lowest BCUT2D eigenvalue weighted by Crippen LogP contribution is -2.15. The van der Waals surface area contributed by atoms with Crippen LogP contribution in [0.25, 0.3) is 0 Å². The number of sulfone groups is 1. The summed E-state index contributed by atoms with van der Waals surface area (Å²) >= 11 is 0. The first kappa shape index (κ1) is 17.0. The van der Waals surface area contributed by atoms with Gasteiger partial charge in [-0.15, -0.1) is 6.58 Å². The lowest BCUT2D eigenvalue weighted by molar-refractivity contribution is -0.114. The maximum atomic E-state index is 13.0. The summed E-state index contributed by atoms with van der Waals surface area (Å²) in [6.07, 6.45) is 1.66.